The smallest absolute Gasteiger partial charge is 0.245 e. The fraction of sp³-hybridized carbons (Fsp3) is 0.250. The maximum atomic E-state index is 11.6. The molecule has 0 spiro atoms. The molecule has 38 heavy (non-hydrogen) atoms. The molecule has 0 bridgehead atoms. The Labute approximate surface area is 225 Å². The van der Waals surface area contributed by atoms with Crippen molar-refractivity contribution in [3.63, 3.8) is 0 Å². The van der Waals surface area contributed by atoms with Gasteiger partial charge >= 0.3 is 0 Å². The van der Waals surface area contributed by atoms with Crippen molar-refractivity contribution in [2.75, 3.05) is 39.5 Å². The molecule has 0 aliphatic heterocycles. The molecule has 3 aromatic carbocycles. The summed E-state index contributed by atoms with van der Waals surface area (Å²) in [5.74, 6) is 1.29. The van der Waals surface area contributed by atoms with Gasteiger partial charge in [-0.1, -0.05) is 54.6 Å². The zero-order valence-corrected chi connectivity index (χ0v) is 22.1. The minimum Gasteiger partial charge on any atom is -0.492 e. The molecule has 4 N–H and O–H groups in total. The van der Waals surface area contributed by atoms with E-state index in [-0.39, 0.29) is 5.91 Å². The summed E-state index contributed by atoms with van der Waals surface area (Å²) in [5.41, 5.74) is 13.3. The van der Waals surface area contributed by atoms with Gasteiger partial charge in [-0.2, -0.15) is 0 Å². The molecule has 0 radical (unpaired) electrons. The third kappa shape index (κ3) is 6.99. The van der Waals surface area contributed by atoms with E-state index in [2.05, 4.69) is 47.8 Å². The molecule has 1 fully saturated rings. The quantitative estimate of drug-likeness (QED) is 0.102. The Kier molecular flexibility index (Phi) is 9.11. The number of nitrogens with two attached hydrogens (primary N) is 1. The van der Waals surface area contributed by atoms with Crippen LogP contribution in [0.5, 0.6) is 5.75 Å². The number of allylic oxidation sites excluding steroid dienone is 1. The van der Waals surface area contributed by atoms with Gasteiger partial charge in [0, 0.05) is 50.7 Å². The van der Waals surface area contributed by atoms with Crippen molar-refractivity contribution < 1.29 is 9.53 Å². The van der Waals surface area contributed by atoms with Crippen molar-refractivity contribution in [1.82, 2.24) is 10.2 Å². The van der Waals surface area contributed by atoms with E-state index in [9.17, 15) is 4.79 Å². The molecule has 0 saturated heterocycles. The number of amides is 1. The van der Waals surface area contributed by atoms with Crippen LogP contribution in [0.2, 0.25) is 0 Å². The number of nitrogens with zero attached hydrogens (tertiary/aromatic N) is 1. The molecule has 3 aromatic rings. The molecule has 0 unspecified atom stereocenters. The number of rotatable bonds is 12. The van der Waals surface area contributed by atoms with Crippen LogP contribution in [0.1, 0.15) is 35.1 Å². The third-order valence-corrected chi connectivity index (χ3v) is 6.52. The molecular weight excluding hydrogens is 472 g/mol. The highest BCUT2D eigenvalue weighted by Gasteiger charge is 2.30. The maximum absolute atomic E-state index is 11.6. The first-order chi connectivity index (χ1) is 18.5. The first kappa shape index (κ1) is 26.9. The van der Waals surface area contributed by atoms with Crippen LogP contribution >= 0.6 is 0 Å². The summed E-state index contributed by atoms with van der Waals surface area (Å²) in [6.07, 6.45) is 7.04. The predicted octanol–water partition coefficient (Wildman–Crippen LogP) is 5.25. The van der Waals surface area contributed by atoms with Crippen LogP contribution in [0, 0.1) is 11.3 Å². The molecule has 1 amide bonds. The Morgan fingerprint density at radius 3 is 2.39 bits per heavy atom. The van der Waals surface area contributed by atoms with Crippen LogP contribution < -0.4 is 15.8 Å². The van der Waals surface area contributed by atoms with Crippen LogP contribution in [0.3, 0.4) is 0 Å². The van der Waals surface area contributed by atoms with E-state index in [1.54, 1.807) is 20.2 Å². The molecule has 6 nitrogen and oxygen atoms in total. The summed E-state index contributed by atoms with van der Waals surface area (Å²) in [6, 6.07) is 24.8. The van der Waals surface area contributed by atoms with Crippen LogP contribution in [0.15, 0.2) is 84.9 Å². The highest BCUT2D eigenvalue weighted by molar-refractivity contribution is 6.01. The molecule has 1 saturated carbocycles. The zero-order chi connectivity index (χ0) is 26.9. The van der Waals surface area contributed by atoms with Gasteiger partial charge in [0.15, 0.2) is 0 Å². The summed E-state index contributed by atoms with van der Waals surface area (Å²) in [7, 11) is 3.46. The topological polar surface area (TPSA) is 91.4 Å². The Hall–Kier alpha value is -4.16. The lowest BCUT2D eigenvalue weighted by Crippen LogP contribution is -2.22. The molecule has 0 aromatic heterocycles. The molecule has 0 atom stereocenters. The first-order valence-corrected chi connectivity index (χ1v) is 13.0. The van der Waals surface area contributed by atoms with Gasteiger partial charge in [0.1, 0.15) is 12.4 Å². The van der Waals surface area contributed by atoms with Crippen LogP contribution in [0.4, 0.5) is 5.69 Å². The number of benzene rings is 3. The Morgan fingerprint density at radius 1 is 1.03 bits per heavy atom. The zero-order valence-electron chi connectivity index (χ0n) is 22.1. The van der Waals surface area contributed by atoms with Gasteiger partial charge in [0.05, 0.1) is 0 Å². The second-order valence-corrected chi connectivity index (χ2v) is 9.63. The van der Waals surface area contributed by atoms with Gasteiger partial charge in [-0.25, -0.2) is 0 Å². The molecule has 1 aliphatic carbocycles. The number of nitrogens with one attached hydrogen (secondary N) is 2. The summed E-state index contributed by atoms with van der Waals surface area (Å²) >= 11 is 0. The summed E-state index contributed by atoms with van der Waals surface area (Å²) in [4.78, 5) is 13.1. The molecule has 0 heterocycles. The molecule has 4 rings (SSSR count). The second-order valence-electron chi connectivity index (χ2n) is 9.63. The third-order valence-electron chi connectivity index (χ3n) is 6.52. The lowest BCUT2D eigenvalue weighted by atomic mass is 9.86. The minimum atomic E-state index is -0.0262. The number of carbonyl (C=O) groups is 1. The molecule has 6 heteroatoms. The lowest BCUT2D eigenvalue weighted by Gasteiger charge is -2.18. The Bertz CT molecular complexity index is 1310. The monoisotopic (exact) mass is 508 g/mol. The lowest BCUT2D eigenvalue weighted by molar-refractivity contribution is -0.123. The van der Waals surface area contributed by atoms with E-state index in [0.29, 0.717) is 31.3 Å². The number of hydrogen-bond donors (Lipinski definition) is 3. The van der Waals surface area contributed by atoms with Gasteiger partial charge in [0.2, 0.25) is 5.91 Å². The summed E-state index contributed by atoms with van der Waals surface area (Å²) in [5, 5.41) is 11.1. The summed E-state index contributed by atoms with van der Waals surface area (Å²) in [6.45, 7) is 1.80. The van der Waals surface area contributed by atoms with Gasteiger partial charge < -0.3 is 26.1 Å². The van der Waals surface area contributed by atoms with E-state index in [1.807, 2.05) is 36.4 Å². The molecule has 196 valence electrons. The average molecular weight is 509 g/mol. The Morgan fingerprint density at radius 2 is 1.74 bits per heavy atom. The minimum absolute atomic E-state index is 0.0262. The van der Waals surface area contributed by atoms with E-state index in [1.165, 1.54) is 40.7 Å². The van der Waals surface area contributed by atoms with Crippen molar-refractivity contribution in [2.24, 2.45) is 5.92 Å². The van der Waals surface area contributed by atoms with Crippen molar-refractivity contribution >= 4 is 29.0 Å². The van der Waals surface area contributed by atoms with E-state index in [4.69, 9.17) is 15.9 Å². The first-order valence-electron chi connectivity index (χ1n) is 13.0. The van der Waals surface area contributed by atoms with Crippen molar-refractivity contribution in [1.29, 1.82) is 5.41 Å². The number of hydrogen-bond acceptors (Lipinski definition) is 5. The number of anilines is 1. The average Bonchev–Trinajstić information content (AvgIpc) is 3.77. The predicted molar refractivity (Wildman–Crippen MR) is 156 cm³/mol. The van der Waals surface area contributed by atoms with Gasteiger partial charge in [-0.3, -0.25) is 4.79 Å². The number of carbonyl (C=O) groups excluding carboxylic acids is 1. The van der Waals surface area contributed by atoms with Crippen molar-refractivity contribution in [2.45, 2.75) is 12.8 Å². The van der Waals surface area contributed by atoms with E-state index >= 15 is 0 Å². The molecular formula is C32H36N4O2. The van der Waals surface area contributed by atoms with Crippen LogP contribution in [-0.4, -0.2) is 50.8 Å². The van der Waals surface area contributed by atoms with Crippen LogP contribution in [0.25, 0.3) is 11.1 Å². The van der Waals surface area contributed by atoms with Gasteiger partial charge in [0.25, 0.3) is 0 Å². The number of ether oxygens (including phenoxy) is 1. The highest BCUT2D eigenvalue weighted by Crippen LogP contribution is 2.47. The van der Waals surface area contributed by atoms with Crippen molar-refractivity contribution in [3.05, 3.63) is 107 Å². The Balaban J connectivity index is 1.53. The standard InChI is InChI=1S/C32H36N4O2/c1-36(2)30(37)9-6-18-35-19-20-38-28-15-12-25(13-16-28)32(26-14-17-29(34)27(21-26)22-33)31(24-10-11-24)23-7-4-3-5-8-23/h3-9,12-17,21-22,24,33,35H,10-11,18-20,34H2,1-2H3/b9-6+,32-31-,33-22?. The van der Waals surface area contributed by atoms with E-state index < -0.39 is 0 Å². The fourth-order valence-electron chi connectivity index (χ4n) is 4.36. The summed E-state index contributed by atoms with van der Waals surface area (Å²) < 4.78 is 5.95. The second kappa shape index (κ2) is 12.9. The maximum Gasteiger partial charge on any atom is 0.245 e. The fourth-order valence-corrected chi connectivity index (χ4v) is 4.36. The molecule has 1 aliphatic rings. The largest absolute Gasteiger partial charge is 0.492 e. The highest BCUT2D eigenvalue weighted by atomic mass is 16.5. The van der Waals surface area contributed by atoms with Crippen LogP contribution in [-0.2, 0) is 4.79 Å². The van der Waals surface area contributed by atoms with E-state index in [0.717, 1.165) is 22.4 Å². The van der Waals surface area contributed by atoms with Gasteiger partial charge in [-0.15, -0.1) is 0 Å². The normalized spacial score (nSPS) is 13.7. The number of likely N-dealkylation sites (N-methyl/N-ethyl adjacent to an activating group) is 1. The number of nitrogen functional groups attached to an aromatic ring is 1. The van der Waals surface area contributed by atoms with Crippen molar-refractivity contribution in [3.8, 4) is 5.75 Å². The van der Waals surface area contributed by atoms with Gasteiger partial charge in [-0.05, 0) is 70.9 Å². The SMILES string of the molecule is CN(C)C(=O)/C=C/CNCCOc1ccc(/C(=C(\c2ccccc2)C2CC2)c2ccc(N)c(C=N)c2)cc1.